The van der Waals surface area contributed by atoms with Crippen molar-refractivity contribution in [1.29, 1.82) is 0 Å². The zero-order valence-corrected chi connectivity index (χ0v) is 10.5. The molecule has 1 nitrogen and oxygen atoms in total. The molecule has 1 aromatic rings. The van der Waals surface area contributed by atoms with Gasteiger partial charge in [0.1, 0.15) is 5.82 Å². The van der Waals surface area contributed by atoms with Crippen LogP contribution in [0.15, 0.2) is 54.3 Å². The Morgan fingerprint density at radius 2 is 1.89 bits per heavy atom. The minimum absolute atomic E-state index is 0.299. The van der Waals surface area contributed by atoms with Crippen LogP contribution in [-0.4, -0.2) is 17.9 Å². The highest BCUT2D eigenvalue weighted by atomic mass is 19.3. The fourth-order valence-corrected chi connectivity index (χ4v) is 2.00. The van der Waals surface area contributed by atoms with Crippen molar-refractivity contribution in [3.05, 3.63) is 65.6 Å². The number of allylic oxidation sites excluding steroid dienone is 3. The molecule has 0 saturated heterocycles. The van der Waals surface area contributed by atoms with Gasteiger partial charge in [-0.25, -0.2) is 13.2 Å². The monoisotopic (exact) mass is 265 g/mol. The molecule has 0 N–H and O–H groups in total. The molecule has 0 radical (unpaired) electrons. The van der Waals surface area contributed by atoms with Gasteiger partial charge in [0.15, 0.2) is 0 Å². The molecule has 0 atom stereocenters. The zero-order valence-electron chi connectivity index (χ0n) is 10.5. The summed E-state index contributed by atoms with van der Waals surface area (Å²) in [6, 6.07) is 6.12. The molecule has 0 unspecified atom stereocenters. The predicted octanol–water partition coefficient (Wildman–Crippen LogP) is 4.21. The Hall–Kier alpha value is -1.97. The van der Waals surface area contributed by atoms with Crippen LogP contribution >= 0.6 is 0 Å². The molecule has 0 bridgehead atoms. The van der Waals surface area contributed by atoms with E-state index in [2.05, 4.69) is 6.58 Å². The van der Waals surface area contributed by atoms with Crippen LogP contribution < -0.4 is 0 Å². The van der Waals surface area contributed by atoms with Crippen LogP contribution in [0.2, 0.25) is 0 Å². The van der Waals surface area contributed by atoms with E-state index in [-0.39, 0.29) is 0 Å². The molecule has 1 aliphatic rings. The maximum atomic E-state index is 13.8. The smallest absolute Gasteiger partial charge is 0.256 e. The molecule has 0 spiro atoms. The van der Waals surface area contributed by atoms with Gasteiger partial charge in [-0.1, -0.05) is 24.8 Å². The summed E-state index contributed by atoms with van der Waals surface area (Å²) in [6.45, 7) is 5.09. The average molecular weight is 265 g/mol. The van der Waals surface area contributed by atoms with Crippen molar-refractivity contribution in [2.24, 2.45) is 0 Å². The Bertz CT molecular complexity index is 558. The van der Waals surface area contributed by atoms with Crippen LogP contribution in [0, 0.1) is 5.82 Å². The quantitative estimate of drug-likeness (QED) is 0.791. The van der Waals surface area contributed by atoms with Crippen molar-refractivity contribution in [2.75, 3.05) is 6.54 Å². The van der Waals surface area contributed by atoms with Crippen molar-refractivity contribution < 1.29 is 13.2 Å². The molecule has 0 amide bonds. The highest BCUT2D eigenvalue weighted by molar-refractivity contribution is 5.71. The Kier molecular flexibility index (Phi) is 3.79. The van der Waals surface area contributed by atoms with Gasteiger partial charge in [0.25, 0.3) is 6.43 Å². The predicted molar refractivity (Wildman–Crippen MR) is 70.0 cm³/mol. The number of halogens is 3. The van der Waals surface area contributed by atoms with Crippen molar-refractivity contribution in [2.45, 2.75) is 13.3 Å². The first-order chi connectivity index (χ1) is 9.00. The number of hydrogen-bond donors (Lipinski definition) is 0. The highest BCUT2D eigenvalue weighted by Gasteiger charge is 2.23. The Morgan fingerprint density at radius 1 is 1.21 bits per heavy atom. The van der Waals surface area contributed by atoms with E-state index in [4.69, 9.17) is 0 Å². The number of hydrogen-bond acceptors (Lipinski definition) is 1. The molecular weight excluding hydrogens is 251 g/mol. The van der Waals surface area contributed by atoms with Crippen LogP contribution in [-0.2, 0) is 0 Å². The Labute approximate surface area is 110 Å². The summed E-state index contributed by atoms with van der Waals surface area (Å²) in [6.07, 6.45) is 0.884. The van der Waals surface area contributed by atoms with Crippen molar-refractivity contribution in [3.8, 4) is 0 Å². The molecule has 1 heterocycles. The minimum Gasteiger partial charge on any atom is -0.335 e. The van der Waals surface area contributed by atoms with E-state index in [1.807, 2.05) is 0 Å². The minimum atomic E-state index is -2.52. The first-order valence-electron chi connectivity index (χ1n) is 5.89. The summed E-state index contributed by atoms with van der Waals surface area (Å²) in [4.78, 5) is 1.36. The van der Waals surface area contributed by atoms with Gasteiger partial charge in [-0.2, -0.15) is 0 Å². The van der Waals surface area contributed by atoms with Gasteiger partial charge in [-0.05, 0) is 30.7 Å². The van der Waals surface area contributed by atoms with Crippen molar-refractivity contribution >= 4 is 5.70 Å². The van der Waals surface area contributed by atoms with E-state index in [1.165, 1.54) is 11.0 Å². The summed E-state index contributed by atoms with van der Waals surface area (Å²) < 4.78 is 39.2. The van der Waals surface area contributed by atoms with Gasteiger partial charge < -0.3 is 4.90 Å². The number of rotatable bonds is 3. The summed E-state index contributed by atoms with van der Waals surface area (Å²) in [5, 5.41) is 0. The largest absolute Gasteiger partial charge is 0.335 e. The van der Waals surface area contributed by atoms with Gasteiger partial charge in [-0.15, -0.1) is 0 Å². The van der Waals surface area contributed by atoms with Gasteiger partial charge in [0.2, 0.25) is 0 Å². The molecule has 1 aromatic carbocycles. The lowest BCUT2D eigenvalue weighted by Crippen LogP contribution is -2.29. The molecule has 0 saturated carbocycles. The van der Waals surface area contributed by atoms with E-state index < -0.39 is 18.8 Å². The van der Waals surface area contributed by atoms with Crippen LogP contribution in [0.1, 0.15) is 12.5 Å². The van der Waals surface area contributed by atoms with E-state index in [0.29, 0.717) is 17.0 Å². The standard InChI is InChI=1S/C15H14F3N/c1-10-7-8-14(12-5-3-4-6-13(12)16)19(11(10)2)9-15(17)18/h3-8,15H,2,9H2,1H3. The molecule has 1 aliphatic heterocycles. The molecule has 0 aromatic heterocycles. The molecular formula is C15H14F3N. The van der Waals surface area contributed by atoms with Crippen LogP contribution in [0.3, 0.4) is 0 Å². The first kappa shape index (κ1) is 13.5. The van der Waals surface area contributed by atoms with Crippen molar-refractivity contribution in [3.63, 3.8) is 0 Å². The first-order valence-corrected chi connectivity index (χ1v) is 5.89. The highest BCUT2D eigenvalue weighted by Crippen LogP contribution is 2.32. The van der Waals surface area contributed by atoms with Crippen LogP contribution in [0.25, 0.3) is 5.70 Å². The molecule has 2 rings (SSSR count). The Morgan fingerprint density at radius 3 is 2.53 bits per heavy atom. The van der Waals surface area contributed by atoms with Crippen LogP contribution in [0.5, 0.6) is 0 Å². The fourth-order valence-electron chi connectivity index (χ4n) is 2.00. The molecule has 19 heavy (non-hydrogen) atoms. The maximum absolute atomic E-state index is 13.8. The summed E-state index contributed by atoms with van der Waals surface area (Å²) in [5.74, 6) is -0.436. The third-order valence-corrected chi connectivity index (χ3v) is 3.03. The second-order valence-corrected chi connectivity index (χ2v) is 4.33. The van der Waals surface area contributed by atoms with Crippen molar-refractivity contribution in [1.82, 2.24) is 4.90 Å². The average Bonchev–Trinajstić information content (AvgIpc) is 2.36. The summed E-state index contributed by atoms with van der Waals surface area (Å²) in [5.41, 5.74) is 1.98. The number of benzene rings is 1. The molecule has 4 heteroatoms. The van der Waals surface area contributed by atoms with Crippen LogP contribution in [0.4, 0.5) is 13.2 Å². The molecule has 0 fully saturated rings. The SMILES string of the molecule is C=C1C(C)=CC=C(c2ccccc2F)N1CC(F)F. The maximum Gasteiger partial charge on any atom is 0.256 e. The number of nitrogens with zero attached hydrogens (tertiary/aromatic N) is 1. The summed E-state index contributed by atoms with van der Waals surface area (Å²) in [7, 11) is 0. The Balaban J connectivity index is 2.46. The van der Waals surface area contributed by atoms with E-state index in [1.54, 1.807) is 37.3 Å². The normalized spacial score (nSPS) is 15.6. The van der Waals surface area contributed by atoms with Gasteiger partial charge in [0, 0.05) is 11.3 Å². The van der Waals surface area contributed by atoms with Gasteiger partial charge >= 0.3 is 0 Å². The topological polar surface area (TPSA) is 3.24 Å². The molecule has 100 valence electrons. The lowest BCUT2D eigenvalue weighted by Gasteiger charge is -2.32. The van der Waals surface area contributed by atoms with E-state index in [9.17, 15) is 13.2 Å². The molecule has 0 aliphatic carbocycles. The van der Waals surface area contributed by atoms with Gasteiger partial charge in [0.05, 0.1) is 12.2 Å². The van der Waals surface area contributed by atoms with E-state index in [0.717, 1.165) is 5.57 Å². The third-order valence-electron chi connectivity index (χ3n) is 3.03. The zero-order chi connectivity index (χ0) is 14.0. The fraction of sp³-hybridized carbons (Fsp3) is 0.200. The third kappa shape index (κ3) is 2.72. The van der Waals surface area contributed by atoms with Gasteiger partial charge in [-0.3, -0.25) is 0 Å². The summed E-state index contributed by atoms with van der Waals surface area (Å²) >= 11 is 0. The lowest BCUT2D eigenvalue weighted by atomic mass is 10.0. The second kappa shape index (κ2) is 5.34. The second-order valence-electron chi connectivity index (χ2n) is 4.33. The lowest BCUT2D eigenvalue weighted by molar-refractivity contribution is 0.123. The number of alkyl halides is 2. The van der Waals surface area contributed by atoms with E-state index >= 15 is 0 Å².